The van der Waals surface area contributed by atoms with Gasteiger partial charge in [0.05, 0.1) is 16.7 Å². The normalized spacial score (nSPS) is 11.0. The van der Waals surface area contributed by atoms with Crippen LogP contribution in [0.25, 0.3) is 16.7 Å². The van der Waals surface area contributed by atoms with Gasteiger partial charge in [0, 0.05) is 6.07 Å². The van der Waals surface area contributed by atoms with Crippen molar-refractivity contribution in [3.8, 4) is 5.69 Å². The highest BCUT2D eigenvalue weighted by atomic mass is 19.1. The number of nitrogens with zero attached hydrogens (tertiary/aromatic N) is 1. The maximum atomic E-state index is 13.7. The SMILES string of the molecule is O=c1[nH]c2ccccc2n1-c1ccc(F)cc1F. The quantitative estimate of drug-likeness (QED) is 0.704. The molecule has 0 spiro atoms. The van der Waals surface area contributed by atoms with Crippen LogP contribution in [0.4, 0.5) is 8.78 Å². The van der Waals surface area contributed by atoms with E-state index >= 15 is 0 Å². The van der Waals surface area contributed by atoms with Gasteiger partial charge in [-0.2, -0.15) is 0 Å². The molecule has 90 valence electrons. The van der Waals surface area contributed by atoms with Crippen molar-refractivity contribution < 1.29 is 8.78 Å². The molecule has 3 nitrogen and oxygen atoms in total. The second kappa shape index (κ2) is 3.80. The summed E-state index contributed by atoms with van der Waals surface area (Å²) in [5.41, 5.74) is 0.722. The topological polar surface area (TPSA) is 37.8 Å². The number of nitrogens with one attached hydrogen (secondary N) is 1. The second-order valence-electron chi connectivity index (χ2n) is 3.88. The van der Waals surface area contributed by atoms with Crippen LogP contribution >= 0.6 is 0 Å². The standard InChI is InChI=1S/C13H8F2N2O/c14-8-5-6-11(9(15)7-8)17-12-4-2-1-3-10(12)16-13(17)18/h1-7H,(H,16,18). The summed E-state index contributed by atoms with van der Waals surface area (Å²) < 4.78 is 27.8. The van der Waals surface area contributed by atoms with Gasteiger partial charge in [0.1, 0.15) is 11.6 Å². The maximum Gasteiger partial charge on any atom is 0.331 e. The molecule has 1 N–H and O–H groups in total. The Kier molecular flexibility index (Phi) is 2.26. The number of aromatic amines is 1. The Morgan fingerprint density at radius 1 is 1.06 bits per heavy atom. The summed E-state index contributed by atoms with van der Waals surface area (Å²) in [5.74, 6) is -1.45. The minimum Gasteiger partial charge on any atom is -0.305 e. The van der Waals surface area contributed by atoms with Gasteiger partial charge < -0.3 is 4.98 Å². The molecule has 0 unspecified atom stereocenters. The number of halogens is 2. The molecule has 3 aromatic rings. The Bertz CT molecular complexity index is 789. The zero-order valence-electron chi connectivity index (χ0n) is 9.15. The van der Waals surface area contributed by atoms with Crippen LogP contribution < -0.4 is 5.69 Å². The van der Waals surface area contributed by atoms with Crippen molar-refractivity contribution >= 4 is 11.0 Å². The predicted molar refractivity (Wildman–Crippen MR) is 63.8 cm³/mol. The molecule has 0 saturated carbocycles. The predicted octanol–water partition coefficient (Wildman–Crippen LogP) is 2.60. The van der Waals surface area contributed by atoms with Crippen LogP contribution in [0.2, 0.25) is 0 Å². The summed E-state index contributed by atoms with van der Waals surface area (Å²) in [6.07, 6.45) is 0. The highest BCUT2D eigenvalue weighted by molar-refractivity contribution is 5.77. The first-order valence-electron chi connectivity index (χ1n) is 5.32. The minimum absolute atomic E-state index is 0.0267. The lowest BCUT2D eigenvalue weighted by molar-refractivity contribution is 0.577. The van der Waals surface area contributed by atoms with Crippen LogP contribution in [-0.4, -0.2) is 9.55 Å². The Hall–Kier alpha value is -2.43. The van der Waals surface area contributed by atoms with Crippen molar-refractivity contribution in [2.24, 2.45) is 0 Å². The molecule has 1 aromatic heterocycles. The van der Waals surface area contributed by atoms with Crippen LogP contribution in [0.1, 0.15) is 0 Å². The fraction of sp³-hybridized carbons (Fsp3) is 0. The highest BCUT2D eigenvalue weighted by Gasteiger charge is 2.12. The smallest absolute Gasteiger partial charge is 0.305 e. The van der Waals surface area contributed by atoms with Gasteiger partial charge in [0.15, 0.2) is 0 Å². The first kappa shape index (κ1) is 10.7. The summed E-state index contributed by atoms with van der Waals surface area (Å²) in [4.78, 5) is 14.4. The molecule has 0 bridgehead atoms. The number of hydrogen-bond donors (Lipinski definition) is 1. The van der Waals surface area contributed by atoms with E-state index in [0.717, 1.165) is 12.1 Å². The number of fused-ring (bicyclic) bond motifs is 1. The number of H-pyrrole nitrogens is 1. The van der Waals surface area contributed by atoms with Gasteiger partial charge in [-0.15, -0.1) is 0 Å². The fourth-order valence-corrected chi connectivity index (χ4v) is 1.96. The van der Waals surface area contributed by atoms with Crippen LogP contribution in [0.15, 0.2) is 47.3 Å². The van der Waals surface area contributed by atoms with Gasteiger partial charge in [-0.3, -0.25) is 4.57 Å². The summed E-state index contributed by atoms with van der Waals surface area (Å²) in [6, 6.07) is 10.0. The maximum absolute atomic E-state index is 13.7. The van der Waals surface area contributed by atoms with E-state index in [0.29, 0.717) is 11.0 Å². The molecular formula is C13H8F2N2O. The molecule has 0 radical (unpaired) electrons. The molecule has 0 atom stereocenters. The molecule has 18 heavy (non-hydrogen) atoms. The van der Waals surface area contributed by atoms with E-state index in [1.807, 2.05) is 0 Å². The van der Waals surface area contributed by atoms with Gasteiger partial charge >= 0.3 is 5.69 Å². The first-order valence-corrected chi connectivity index (χ1v) is 5.32. The van der Waals surface area contributed by atoms with Crippen molar-refractivity contribution in [3.05, 3.63) is 64.6 Å². The lowest BCUT2D eigenvalue weighted by Crippen LogP contribution is -2.15. The average Bonchev–Trinajstić information content (AvgIpc) is 2.66. The molecule has 5 heteroatoms. The Morgan fingerprint density at radius 2 is 1.83 bits per heavy atom. The van der Waals surface area contributed by atoms with Gasteiger partial charge in [-0.05, 0) is 24.3 Å². The van der Waals surface area contributed by atoms with Gasteiger partial charge in [0.2, 0.25) is 0 Å². The molecule has 0 fully saturated rings. The first-order chi connectivity index (χ1) is 8.66. The molecular weight excluding hydrogens is 238 g/mol. The van der Waals surface area contributed by atoms with E-state index in [1.165, 1.54) is 10.6 Å². The van der Waals surface area contributed by atoms with Crippen LogP contribution in [0, 0.1) is 11.6 Å². The van der Waals surface area contributed by atoms with Crippen LogP contribution in [0.3, 0.4) is 0 Å². The summed E-state index contributed by atoms with van der Waals surface area (Å²) in [5, 5.41) is 0. The van der Waals surface area contributed by atoms with E-state index in [9.17, 15) is 13.6 Å². The van der Waals surface area contributed by atoms with E-state index in [-0.39, 0.29) is 5.69 Å². The molecule has 0 aliphatic carbocycles. The van der Waals surface area contributed by atoms with Gasteiger partial charge in [-0.25, -0.2) is 13.6 Å². The number of imidazole rings is 1. The number of rotatable bonds is 1. The van der Waals surface area contributed by atoms with E-state index in [1.54, 1.807) is 24.3 Å². The molecule has 0 saturated heterocycles. The molecule has 2 aromatic carbocycles. The fourth-order valence-electron chi connectivity index (χ4n) is 1.96. The third-order valence-electron chi connectivity index (χ3n) is 2.74. The van der Waals surface area contributed by atoms with Gasteiger partial charge in [0.25, 0.3) is 0 Å². The third-order valence-corrected chi connectivity index (χ3v) is 2.74. The number of aromatic nitrogens is 2. The second-order valence-corrected chi connectivity index (χ2v) is 3.88. The number of hydrogen-bond acceptors (Lipinski definition) is 1. The van der Waals surface area contributed by atoms with Crippen molar-refractivity contribution in [2.45, 2.75) is 0 Å². The molecule has 1 heterocycles. The van der Waals surface area contributed by atoms with Crippen molar-refractivity contribution in [2.75, 3.05) is 0 Å². The molecule has 0 aliphatic rings. The molecule has 0 amide bonds. The zero-order chi connectivity index (χ0) is 12.7. The highest BCUT2D eigenvalue weighted by Crippen LogP contribution is 2.18. The van der Waals surface area contributed by atoms with Crippen molar-refractivity contribution in [1.82, 2.24) is 9.55 Å². The summed E-state index contributed by atoms with van der Waals surface area (Å²) in [7, 11) is 0. The number of benzene rings is 2. The Balaban J connectivity index is 2.38. The lowest BCUT2D eigenvalue weighted by atomic mass is 10.2. The molecule has 0 aliphatic heterocycles. The van der Waals surface area contributed by atoms with Crippen LogP contribution in [-0.2, 0) is 0 Å². The van der Waals surface area contributed by atoms with E-state index in [4.69, 9.17) is 0 Å². The van der Waals surface area contributed by atoms with Gasteiger partial charge in [-0.1, -0.05) is 12.1 Å². The number of para-hydroxylation sites is 2. The van der Waals surface area contributed by atoms with E-state index in [2.05, 4.69) is 4.98 Å². The summed E-state index contributed by atoms with van der Waals surface area (Å²) in [6.45, 7) is 0. The van der Waals surface area contributed by atoms with Crippen LogP contribution in [0.5, 0.6) is 0 Å². The Labute approximate surface area is 100 Å². The van der Waals surface area contributed by atoms with E-state index < -0.39 is 17.3 Å². The van der Waals surface area contributed by atoms with Crippen molar-refractivity contribution in [3.63, 3.8) is 0 Å². The lowest BCUT2D eigenvalue weighted by Gasteiger charge is -2.04. The summed E-state index contributed by atoms with van der Waals surface area (Å²) >= 11 is 0. The van der Waals surface area contributed by atoms with Crippen molar-refractivity contribution in [1.29, 1.82) is 0 Å². The Morgan fingerprint density at radius 3 is 2.61 bits per heavy atom. The zero-order valence-corrected chi connectivity index (χ0v) is 9.15. The monoisotopic (exact) mass is 246 g/mol. The third kappa shape index (κ3) is 1.52. The average molecular weight is 246 g/mol. The minimum atomic E-state index is -0.776. The molecule has 3 rings (SSSR count). The largest absolute Gasteiger partial charge is 0.331 e.